The molecule has 1 aromatic rings. The predicted octanol–water partition coefficient (Wildman–Crippen LogP) is 1.96. The molecule has 5 heteroatoms. The molecule has 0 radical (unpaired) electrons. The van der Waals surface area contributed by atoms with Gasteiger partial charge in [0.15, 0.2) is 5.13 Å². The molecule has 18 heavy (non-hydrogen) atoms. The fourth-order valence-electron chi connectivity index (χ4n) is 2.10. The number of aromatic nitrogens is 1. The van der Waals surface area contributed by atoms with Crippen molar-refractivity contribution in [1.82, 2.24) is 10.3 Å². The van der Waals surface area contributed by atoms with Crippen LogP contribution in [0.1, 0.15) is 23.9 Å². The molecule has 102 valence electrons. The van der Waals surface area contributed by atoms with Crippen molar-refractivity contribution in [3.05, 3.63) is 10.6 Å². The van der Waals surface area contributed by atoms with E-state index >= 15 is 0 Å². The molecular formula is C13H23N3OS. The van der Waals surface area contributed by atoms with E-state index in [-0.39, 0.29) is 0 Å². The third kappa shape index (κ3) is 3.22. The van der Waals surface area contributed by atoms with Gasteiger partial charge in [0.1, 0.15) is 0 Å². The number of nitrogens with zero attached hydrogens (tertiary/aromatic N) is 2. The molecule has 1 aliphatic rings. The van der Waals surface area contributed by atoms with Crippen molar-refractivity contribution in [3.63, 3.8) is 0 Å². The molecule has 2 heterocycles. The summed E-state index contributed by atoms with van der Waals surface area (Å²) >= 11 is 1.80. The first-order valence-corrected chi connectivity index (χ1v) is 7.53. The third-order valence-electron chi connectivity index (χ3n) is 3.30. The zero-order valence-corrected chi connectivity index (χ0v) is 12.3. The van der Waals surface area contributed by atoms with Gasteiger partial charge in [0, 0.05) is 18.0 Å². The average Bonchev–Trinajstić information content (AvgIpc) is 2.70. The predicted molar refractivity (Wildman–Crippen MR) is 76.7 cm³/mol. The van der Waals surface area contributed by atoms with Crippen LogP contribution in [0.4, 0.5) is 5.13 Å². The molecule has 2 rings (SSSR count). The van der Waals surface area contributed by atoms with Crippen LogP contribution in [0.15, 0.2) is 0 Å². The molecule has 0 aliphatic carbocycles. The fourth-order valence-corrected chi connectivity index (χ4v) is 3.11. The smallest absolute Gasteiger partial charge is 0.186 e. The standard InChI is InChI=1S/C13H23N3OS/c1-4-5-14-8-12-9-17-7-6-16(12)13-15-10(2)11(3)18-13/h12,14H,4-9H2,1-3H3. The Kier molecular flexibility index (Phi) is 4.97. The number of aryl methyl sites for hydroxylation is 2. The van der Waals surface area contributed by atoms with Gasteiger partial charge in [0.2, 0.25) is 0 Å². The second-order valence-electron chi connectivity index (χ2n) is 4.76. The normalized spacial score (nSPS) is 20.4. The van der Waals surface area contributed by atoms with Crippen LogP contribution in [-0.2, 0) is 4.74 Å². The van der Waals surface area contributed by atoms with E-state index in [2.05, 4.69) is 36.0 Å². The molecule has 0 amide bonds. The molecular weight excluding hydrogens is 246 g/mol. The van der Waals surface area contributed by atoms with E-state index < -0.39 is 0 Å². The van der Waals surface area contributed by atoms with E-state index in [1.807, 2.05) is 0 Å². The first kappa shape index (κ1) is 13.8. The van der Waals surface area contributed by atoms with Crippen LogP contribution in [0.2, 0.25) is 0 Å². The highest BCUT2D eigenvalue weighted by Gasteiger charge is 2.25. The van der Waals surface area contributed by atoms with Gasteiger partial charge in [0.25, 0.3) is 0 Å². The highest BCUT2D eigenvalue weighted by Crippen LogP contribution is 2.27. The topological polar surface area (TPSA) is 37.4 Å². The molecule has 4 nitrogen and oxygen atoms in total. The lowest BCUT2D eigenvalue weighted by Gasteiger charge is -2.35. The van der Waals surface area contributed by atoms with E-state index in [1.165, 1.54) is 11.3 Å². The van der Waals surface area contributed by atoms with Crippen molar-refractivity contribution in [2.24, 2.45) is 0 Å². The van der Waals surface area contributed by atoms with Gasteiger partial charge in [0.05, 0.1) is 24.9 Å². The summed E-state index contributed by atoms with van der Waals surface area (Å²) in [6.07, 6.45) is 1.17. The van der Waals surface area contributed by atoms with Crippen LogP contribution >= 0.6 is 11.3 Å². The number of ether oxygens (including phenoxy) is 1. The maximum atomic E-state index is 5.60. The van der Waals surface area contributed by atoms with E-state index in [1.54, 1.807) is 11.3 Å². The number of hydrogen-bond acceptors (Lipinski definition) is 5. The summed E-state index contributed by atoms with van der Waals surface area (Å²) in [7, 11) is 0. The van der Waals surface area contributed by atoms with Crippen molar-refractivity contribution < 1.29 is 4.74 Å². The van der Waals surface area contributed by atoms with E-state index in [4.69, 9.17) is 4.74 Å². The van der Waals surface area contributed by atoms with Gasteiger partial charge in [-0.1, -0.05) is 6.92 Å². The van der Waals surface area contributed by atoms with Gasteiger partial charge in [-0.05, 0) is 26.8 Å². The lowest BCUT2D eigenvalue weighted by atomic mass is 10.2. The van der Waals surface area contributed by atoms with Crippen LogP contribution in [0, 0.1) is 13.8 Å². The number of anilines is 1. The maximum absolute atomic E-state index is 5.60. The Morgan fingerprint density at radius 2 is 2.33 bits per heavy atom. The van der Waals surface area contributed by atoms with Gasteiger partial charge in [-0.3, -0.25) is 0 Å². The third-order valence-corrected chi connectivity index (χ3v) is 4.41. The lowest BCUT2D eigenvalue weighted by molar-refractivity contribution is 0.0938. The molecule has 1 aliphatic heterocycles. The van der Waals surface area contributed by atoms with Crippen LogP contribution in [0.5, 0.6) is 0 Å². The Morgan fingerprint density at radius 3 is 3.00 bits per heavy atom. The summed E-state index contributed by atoms with van der Waals surface area (Å²) < 4.78 is 5.60. The molecule has 0 aromatic carbocycles. The van der Waals surface area contributed by atoms with Crippen molar-refractivity contribution in [2.75, 3.05) is 37.7 Å². The summed E-state index contributed by atoms with van der Waals surface area (Å²) in [4.78, 5) is 8.39. The van der Waals surface area contributed by atoms with E-state index in [0.717, 1.165) is 43.7 Å². The Morgan fingerprint density at radius 1 is 1.50 bits per heavy atom. The molecule has 1 unspecified atom stereocenters. The summed E-state index contributed by atoms with van der Waals surface area (Å²) in [6.45, 7) is 11.0. The summed E-state index contributed by atoms with van der Waals surface area (Å²) in [5.41, 5.74) is 1.15. The second-order valence-corrected chi connectivity index (χ2v) is 5.95. The van der Waals surface area contributed by atoms with Gasteiger partial charge in [-0.15, -0.1) is 11.3 Å². The largest absolute Gasteiger partial charge is 0.377 e. The molecule has 1 fully saturated rings. The molecule has 0 saturated carbocycles. The summed E-state index contributed by atoms with van der Waals surface area (Å²) in [5.74, 6) is 0. The Hall–Kier alpha value is -0.650. The van der Waals surface area contributed by atoms with Crippen LogP contribution < -0.4 is 10.2 Å². The monoisotopic (exact) mass is 269 g/mol. The average molecular weight is 269 g/mol. The van der Waals surface area contributed by atoms with E-state index in [0.29, 0.717) is 6.04 Å². The molecule has 1 atom stereocenters. The maximum Gasteiger partial charge on any atom is 0.186 e. The molecule has 1 N–H and O–H groups in total. The highest BCUT2D eigenvalue weighted by molar-refractivity contribution is 7.15. The number of hydrogen-bond donors (Lipinski definition) is 1. The first-order valence-electron chi connectivity index (χ1n) is 6.71. The minimum atomic E-state index is 0.412. The summed E-state index contributed by atoms with van der Waals surface area (Å²) in [5, 5.41) is 4.63. The molecule has 0 bridgehead atoms. The highest BCUT2D eigenvalue weighted by atomic mass is 32.1. The fraction of sp³-hybridized carbons (Fsp3) is 0.769. The summed E-state index contributed by atoms with van der Waals surface area (Å²) in [6, 6.07) is 0.412. The minimum Gasteiger partial charge on any atom is -0.377 e. The van der Waals surface area contributed by atoms with Gasteiger partial charge < -0.3 is 15.0 Å². The molecule has 1 saturated heterocycles. The minimum absolute atomic E-state index is 0.412. The van der Waals surface area contributed by atoms with Crippen LogP contribution in [0.25, 0.3) is 0 Å². The second kappa shape index (κ2) is 6.50. The number of thiazole rings is 1. The lowest BCUT2D eigenvalue weighted by Crippen LogP contribution is -2.50. The Labute approximate surface area is 113 Å². The van der Waals surface area contributed by atoms with Crippen molar-refractivity contribution >= 4 is 16.5 Å². The first-order chi connectivity index (χ1) is 8.72. The number of rotatable bonds is 5. The SMILES string of the molecule is CCCNCC1COCCN1c1nc(C)c(C)s1. The Bertz CT molecular complexity index is 361. The number of nitrogens with one attached hydrogen (secondary N) is 1. The van der Waals surface area contributed by atoms with Crippen molar-refractivity contribution in [2.45, 2.75) is 33.2 Å². The quantitative estimate of drug-likeness (QED) is 0.829. The number of morpholine rings is 1. The zero-order chi connectivity index (χ0) is 13.0. The van der Waals surface area contributed by atoms with E-state index in [9.17, 15) is 0 Å². The Balaban J connectivity index is 2.02. The molecule has 1 aromatic heterocycles. The van der Waals surface area contributed by atoms with Gasteiger partial charge in [-0.2, -0.15) is 0 Å². The van der Waals surface area contributed by atoms with Crippen LogP contribution in [-0.4, -0.2) is 43.9 Å². The van der Waals surface area contributed by atoms with Crippen molar-refractivity contribution in [1.29, 1.82) is 0 Å². The zero-order valence-electron chi connectivity index (χ0n) is 11.5. The van der Waals surface area contributed by atoms with Gasteiger partial charge in [-0.25, -0.2) is 4.98 Å². The van der Waals surface area contributed by atoms with Gasteiger partial charge >= 0.3 is 0 Å². The van der Waals surface area contributed by atoms with Crippen molar-refractivity contribution in [3.8, 4) is 0 Å². The van der Waals surface area contributed by atoms with Crippen LogP contribution in [0.3, 0.4) is 0 Å². The molecule has 0 spiro atoms.